The SMILES string of the molecule is Cn1cccc1-c1nnc(SCCCN2CCc3ccc(S(=O)(=O)N4CCCCC4)cc3C2)n1C. The molecule has 2 aliphatic rings. The number of nitrogens with zero attached hydrogens (tertiary/aromatic N) is 6. The number of hydrogen-bond donors (Lipinski definition) is 0. The van der Waals surface area contributed by atoms with Gasteiger partial charge in [-0.05, 0) is 67.6 Å². The van der Waals surface area contributed by atoms with Crippen LogP contribution >= 0.6 is 11.8 Å². The van der Waals surface area contributed by atoms with E-state index in [4.69, 9.17) is 0 Å². The Morgan fingerprint density at radius 1 is 1.00 bits per heavy atom. The van der Waals surface area contributed by atoms with Crippen molar-refractivity contribution in [3.63, 3.8) is 0 Å². The van der Waals surface area contributed by atoms with Crippen molar-refractivity contribution < 1.29 is 8.42 Å². The summed E-state index contributed by atoms with van der Waals surface area (Å²) < 4.78 is 32.0. The first-order chi connectivity index (χ1) is 16.9. The predicted molar refractivity (Wildman–Crippen MR) is 139 cm³/mol. The van der Waals surface area contributed by atoms with Crippen molar-refractivity contribution in [2.24, 2.45) is 14.1 Å². The maximum Gasteiger partial charge on any atom is 0.243 e. The van der Waals surface area contributed by atoms with Crippen LogP contribution in [0, 0.1) is 0 Å². The number of rotatable bonds is 8. The van der Waals surface area contributed by atoms with Gasteiger partial charge in [-0.15, -0.1) is 10.2 Å². The molecule has 0 aliphatic carbocycles. The van der Waals surface area contributed by atoms with Gasteiger partial charge < -0.3 is 9.13 Å². The molecule has 8 nitrogen and oxygen atoms in total. The molecule has 0 N–H and O–H groups in total. The van der Waals surface area contributed by atoms with Crippen LogP contribution in [-0.2, 0) is 37.1 Å². The summed E-state index contributed by atoms with van der Waals surface area (Å²) in [7, 11) is 0.638. The highest BCUT2D eigenvalue weighted by molar-refractivity contribution is 7.99. The van der Waals surface area contributed by atoms with Crippen LogP contribution in [0.3, 0.4) is 0 Å². The van der Waals surface area contributed by atoms with Gasteiger partial charge in [-0.25, -0.2) is 8.42 Å². The van der Waals surface area contributed by atoms with E-state index in [0.29, 0.717) is 18.0 Å². The van der Waals surface area contributed by atoms with E-state index in [1.807, 2.05) is 38.5 Å². The van der Waals surface area contributed by atoms with Crippen molar-refractivity contribution >= 4 is 21.8 Å². The normalized spacial score (nSPS) is 17.5. The molecule has 188 valence electrons. The van der Waals surface area contributed by atoms with Crippen molar-refractivity contribution in [3.8, 4) is 11.5 Å². The summed E-state index contributed by atoms with van der Waals surface area (Å²) in [5.74, 6) is 1.84. The second kappa shape index (κ2) is 10.5. The maximum atomic E-state index is 13.1. The fourth-order valence-electron chi connectivity index (χ4n) is 5.01. The number of benzene rings is 1. The van der Waals surface area contributed by atoms with Crippen molar-refractivity contribution in [1.82, 2.24) is 28.5 Å². The second-order valence-corrected chi connectivity index (χ2v) is 12.5. The third-order valence-corrected chi connectivity index (χ3v) is 10.1. The quantitative estimate of drug-likeness (QED) is 0.338. The Balaban J connectivity index is 1.16. The molecule has 35 heavy (non-hydrogen) atoms. The first-order valence-electron chi connectivity index (χ1n) is 12.4. The summed E-state index contributed by atoms with van der Waals surface area (Å²) in [6.45, 7) is 4.09. The lowest BCUT2D eigenvalue weighted by molar-refractivity contribution is 0.255. The minimum atomic E-state index is -3.39. The van der Waals surface area contributed by atoms with E-state index in [0.717, 1.165) is 79.7 Å². The highest BCUT2D eigenvalue weighted by Gasteiger charge is 2.27. The standard InChI is InChI=1S/C25H34N6O2S2/c1-28-12-6-8-23(28)24-26-27-25(29(24)2)34-17-7-13-30-16-11-20-9-10-22(18-21(20)19-30)35(32,33)31-14-4-3-5-15-31/h6,8-10,12,18H,3-5,7,11,13-17,19H2,1-2H3. The second-order valence-electron chi connectivity index (χ2n) is 9.49. The van der Waals surface area contributed by atoms with Gasteiger partial charge in [0.2, 0.25) is 10.0 Å². The zero-order chi connectivity index (χ0) is 24.4. The molecule has 2 aromatic heterocycles. The van der Waals surface area contributed by atoms with Gasteiger partial charge in [0.25, 0.3) is 0 Å². The van der Waals surface area contributed by atoms with Crippen molar-refractivity contribution in [2.75, 3.05) is 31.9 Å². The van der Waals surface area contributed by atoms with Crippen LogP contribution in [-0.4, -0.2) is 68.9 Å². The smallest absolute Gasteiger partial charge is 0.243 e. The molecule has 1 saturated heterocycles. The zero-order valence-corrected chi connectivity index (χ0v) is 22.2. The topological polar surface area (TPSA) is 76.3 Å². The van der Waals surface area contributed by atoms with Gasteiger partial charge in [-0.1, -0.05) is 24.2 Å². The van der Waals surface area contributed by atoms with E-state index in [1.165, 1.54) is 5.56 Å². The van der Waals surface area contributed by atoms with Crippen molar-refractivity contribution in [1.29, 1.82) is 0 Å². The fraction of sp³-hybridized carbons (Fsp3) is 0.520. The van der Waals surface area contributed by atoms with Crippen LogP contribution in [0.5, 0.6) is 0 Å². The summed E-state index contributed by atoms with van der Waals surface area (Å²) in [5.41, 5.74) is 3.49. The fourth-order valence-corrected chi connectivity index (χ4v) is 7.41. The molecule has 0 bridgehead atoms. The summed E-state index contributed by atoms with van der Waals surface area (Å²) in [6, 6.07) is 9.82. The summed E-state index contributed by atoms with van der Waals surface area (Å²) in [4.78, 5) is 2.89. The molecular formula is C25H34N6O2S2. The number of hydrogen-bond acceptors (Lipinski definition) is 6. The Kier molecular flexibility index (Phi) is 7.34. The van der Waals surface area contributed by atoms with Crippen LogP contribution in [0.1, 0.15) is 36.8 Å². The van der Waals surface area contributed by atoms with Gasteiger partial charge in [0.15, 0.2) is 11.0 Å². The van der Waals surface area contributed by atoms with Crippen LogP contribution in [0.25, 0.3) is 11.5 Å². The highest BCUT2D eigenvalue weighted by atomic mass is 32.2. The van der Waals surface area contributed by atoms with E-state index in [9.17, 15) is 8.42 Å². The molecule has 4 heterocycles. The Bertz CT molecular complexity index is 1280. The van der Waals surface area contributed by atoms with Gasteiger partial charge in [-0.3, -0.25) is 4.90 Å². The molecule has 0 spiro atoms. The number of sulfonamides is 1. The van der Waals surface area contributed by atoms with Crippen LogP contribution in [0.15, 0.2) is 46.6 Å². The van der Waals surface area contributed by atoms with E-state index < -0.39 is 10.0 Å². The monoisotopic (exact) mass is 514 g/mol. The number of thioether (sulfide) groups is 1. The van der Waals surface area contributed by atoms with E-state index in [-0.39, 0.29) is 0 Å². The van der Waals surface area contributed by atoms with E-state index >= 15 is 0 Å². The minimum Gasteiger partial charge on any atom is -0.348 e. The highest BCUT2D eigenvalue weighted by Crippen LogP contribution is 2.27. The minimum absolute atomic E-state index is 0.451. The van der Waals surface area contributed by atoms with Gasteiger partial charge >= 0.3 is 0 Å². The first kappa shape index (κ1) is 24.5. The molecule has 0 radical (unpaired) electrons. The molecule has 10 heteroatoms. The van der Waals surface area contributed by atoms with E-state index in [2.05, 4.69) is 30.3 Å². The van der Waals surface area contributed by atoms with Crippen molar-refractivity contribution in [3.05, 3.63) is 47.7 Å². The average Bonchev–Trinajstić information content (AvgIpc) is 3.46. The van der Waals surface area contributed by atoms with Gasteiger partial charge in [0.1, 0.15) is 0 Å². The molecular weight excluding hydrogens is 480 g/mol. The summed E-state index contributed by atoms with van der Waals surface area (Å²) >= 11 is 1.74. The van der Waals surface area contributed by atoms with Gasteiger partial charge in [0, 0.05) is 52.2 Å². The van der Waals surface area contributed by atoms with Crippen LogP contribution < -0.4 is 0 Å². The lowest BCUT2D eigenvalue weighted by Crippen LogP contribution is -2.36. The third kappa shape index (κ3) is 5.21. The molecule has 1 aromatic carbocycles. The Hall–Kier alpha value is -2.14. The van der Waals surface area contributed by atoms with E-state index in [1.54, 1.807) is 22.1 Å². The largest absolute Gasteiger partial charge is 0.348 e. The Labute approximate surface area is 212 Å². The number of aromatic nitrogens is 4. The number of piperidine rings is 1. The molecule has 5 rings (SSSR count). The molecule has 3 aromatic rings. The molecule has 0 atom stereocenters. The van der Waals surface area contributed by atoms with Crippen LogP contribution in [0.2, 0.25) is 0 Å². The third-order valence-electron chi connectivity index (χ3n) is 7.08. The predicted octanol–water partition coefficient (Wildman–Crippen LogP) is 3.54. The number of aryl methyl sites for hydroxylation is 1. The molecule has 1 fully saturated rings. The molecule has 2 aliphatic heterocycles. The number of fused-ring (bicyclic) bond motifs is 1. The van der Waals surface area contributed by atoms with Gasteiger partial charge in [-0.2, -0.15) is 4.31 Å². The average molecular weight is 515 g/mol. The Morgan fingerprint density at radius 2 is 1.83 bits per heavy atom. The first-order valence-corrected chi connectivity index (χ1v) is 14.8. The van der Waals surface area contributed by atoms with Crippen molar-refractivity contribution in [2.45, 2.75) is 48.7 Å². The lowest BCUT2D eigenvalue weighted by Gasteiger charge is -2.30. The molecule has 0 saturated carbocycles. The van der Waals surface area contributed by atoms with Crippen LogP contribution in [0.4, 0.5) is 0 Å². The lowest BCUT2D eigenvalue weighted by atomic mass is 10.00. The summed E-state index contributed by atoms with van der Waals surface area (Å²) in [5, 5.41) is 9.70. The Morgan fingerprint density at radius 3 is 2.60 bits per heavy atom. The maximum absolute atomic E-state index is 13.1. The molecule has 0 unspecified atom stereocenters. The molecule has 0 amide bonds. The van der Waals surface area contributed by atoms with Gasteiger partial charge in [0.05, 0.1) is 10.6 Å². The summed E-state index contributed by atoms with van der Waals surface area (Å²) in [6.07, 6.45) is 7.05. The zero-order valence-electron chi connectivity index (χ0n) is 20.6.